The zero-order valence-electron chi connectivity index (χ0n) is 15.5. The van der Waals surface area contributed by atoms with E-state index in [0.29, 0.717) is 21.9 Å². The first-order chi connectivity index (χ1) is 14.1. The van der Waals surface area contributed by atoms with E-state index in [9.17, 15) is 28.1 Å². The van der Waals surface area contributed by atoms with Crippen molar-refractivity contribution < 1.29 is 22.9 Å². The highest BCUT2D eigenvalue weighted by Gasteiger charge is 2.29. The maximum absolute atomic E-state index is 12.6. The normalized spacial score (nSPS) is 12.1. The fraction of sp³-hybridized carbons (Fsp3) is 0.158. The van der Waals surface area contributed by atoms with Crippen molar-refractivity contribution in [2.45, 2.75) is 12.6 Å². The summed E-state index contributed by atoms with van der Waals surface area (Å²) in [6, 6.07) is 9.95. The number of halogens is 3. The number of nitrogens with zero attached hydrogens (tertiary/aromatic N) is 3. The molecule has 0 saturated carbocycles. The molecular formula is C19H15F3N4O3S. The van der Waals surface area contributed by atoms with Gasteiger partial charge in [-0.25, -0.2) is 4.99 Å². The van der Waals surface area contributed by atoms with Gasteiger partial charge in [-0.2, -0.15) is 13.2 Å². The van der Waals surface area contributed by atoms with E-state index in [2.05, 4.69) is 10.3 Å². The Bertz CT molecular complexity index is 1130. The van der Waals surface area contributed by atoms with Gasteiger partial charge in [-0.15, -0.1) is 11.3 Å². The molecule has 7 nitrogen and oxygen atoms in total. The van der Waals surface area contributed by atoms with Crippen molar-refractivity contribution in [1.82, 2.24) is 4.57 Å². The number of thiazole rings is 1. The summed E-state index contributed by atoms with van der Waals surface area (Å²) in [7, 11) is 1.70. The maximum atomic E-state index is 12.6. The second kappa shape index (κ2) is 8.49. The zero-order chi connectivity index (χ0) is 21.9. The van der Waals surface area contributed by atoms with Crippen LogP contribution in [0.4, 0.5) is 30.2 Å². The lowest BCUT2D eigenvalue weighted by atomic mass is 10.2. The molecule has 0 saturated heterocycles. The van der Waals surface area contributed by atoms with Crippen molar-refractivity contribution in [2.75, 3.05) is 5.32 Å². The van der Waals surface area contributed by atoms with Gasteiger partial charge in [-0.3, -0.25) is 14.9 Å². The quantitative estimate of drug-likeness (QED) is 0.474. The van der Waals surface area contributed by atoms with Crippen LogP contribution >= 0.6 is 11.3 Å². The Hall–Kier alpha value is -3.47. The molecule has 0 fully saturated rings. The minimum atomic E-state index is -4.41. The Morgan fingerprint density at radius 1 is 1.17 bits per heavy atom. The van der Waals surface area contributed by atoms with E-state index in [0.717, 1.165) is 12.1 Å². The van der Waals surface area contributed by atoms with Crippen LogP contribution in [-0.2, 0) is 24.4 Å². The number of hydrogen-bond donors (Lipinski definition) is 1. The summed E-state index contributed by atoms with van der Waals surface area (Å²) in [6.07, 6.45) is -4.37. The van der Waals surface area contributed by atoms with E-state index in [1.165, 1.54) is 47.7 Å². The summed E-state index contributed by atoms with van der Waals surface area (Å²) >= 11 is 1.25. The van der Waals surface area contributed by atoms with Crippen molar-refractivity contribution in [2.24, 2.45) is 12.0 Å². The van der Waals surface area contributed by atoms with E-state index < -0.39 is 16.7 Å². The number of hydrogen-bond acceptors (Lipinski definition) is 5. The molecule has 0 aliphatic carbocycles. The molecule has 0 spiro atoms. The fourth-order valence-corrected chi connectivity index (χ4v) is 3.45. The Morgan fingerprint density at radius 2 is 1.80 bits per heavy atom. The van der Waals surface area contributed by atoms with Crippen molar-refractivity contribution >= 4 is 34.3 Å². The first-order valence-electron chi connectivity index (χ1n) is 8.53. The number of carbonyl (C=O) groups is 1. The first kappa shape index (κ1) is 21.2. The van der Waals surface area contributed by atoms with Gasteiger partial charge in [-0.1, -0.05) is 0 Å². The Kier molecular flexibility index (Phi) is 6.01. The van der Waals surface area contributed by atoms with Crippen molar-refractivity contribution in [3.05, 3.63) is 80.1 Å². The van der Waals surface area contributed by atoms with Gasteiger partial charge in [0.2, 0.25) is 5.91 Å². The smallest absolute Gasteiger partial charge is 0.326 e. The summed E-state index contributed by atoms with van der Waals surface area (Å²) in [4.78, 5) is 27.2. The molecule has 2 aromatic carbocycles. The van der Waals surface area contributed by atoms with E-state index in [-0.39, 0.29) is 18.0 Å². The summed E-state index contributed by atoms with van der Waals surface area (Å²) < 4.78 is 39.6. The number of anilines is 1. The molecule has 0 bridgehead atoms. The third-order valence-electron chi connectivity index (χ3n) is 4.14. The molecule has 0 aliphatic rings. The number of rotatable bonds is 5. The average Bonchev–Trinajstić information content (AvgIpc) is 3.01. The van der Waals surface area contributed by atoms with Gasteiger partial charge in [-0.05, 0) is 36.4 Å². The van der Waals surface area contributed by atoms with Crippen LogP contribution in [-0.4, -0.2) is 15.4 Å². The fourth-order valence-electron chi connectivity index (χ4n) is 2.53. The largest absolute Gasteiger partial charge is 0.416 e. The standard InChI is InChI=1S/C19H15F3N4O3S/c1-25-16(10-17(27)23-13-6-8-15(9-7-13)26(28)29)11-30-18(25)24-14-4-2-12(3-5-14)19(20,21)22/h2-9,11H,10H2,1H3,(H,23,27). The van der Waals surface area contributed by atoms with Crippen LogP contribution in [0, 0.1) is 10.1 Å². The number of carbonyl (C=O) groups excluding carboxylic acids is 1. The highest BCUT2D eigenvalue weighted by atomic mass is 32.1. The topological polar surface area (TPSA) is 89.5 Å². The number of aromatic nitrogens is 1. The monoisotopic (exact) mass is 436 g/mol. The summed E-state index contributed by atoms with van der Waals surface area (Å²) in [6.45, 7) is 0. The van der Waals surface area contributed by atoms with Gasteiger partial charge in [0.15, 0.2) is 4.80 Å². The lowest BCUT2D eigenvalue weighted by Gasteiger charge is -2.06. The maximum Gasteiger partial charge on any atom is 0.416 e. The number of non-ortho nitro benzene ring substituents is 1. The third kappa shape index (κ3) is 5.11. The molecule has 156 valence electrons. The Labute approximate surface area is 172 Å². The molecule has 30 heavy (non-hydrogen) atoms. The first-order valence-corrected chi connectivity index (χ1v) is 9.41. The highest BCUT2D eigenvalue weighted by molar-refractivity contribution is 7.07. The molecule has 3 rings (SSSR count). The van der Waals surface area contributed by atoms with Gasteiger partial charge in [0.25, 0.3) is 5.69 Å². The summed E-state index contributed by atoms with van der Waals surface area (Å²) in [5, 5.41) is 15.1. The Morgan fingerprint density at radius 3 is 2.37 bits per heavy atom. The molecule has 0 radical (unpaired) electrons. The molecule has 3 aromatic rings. The molecule has 11 heteroatoms. The minimum absolute atomic E-state index is 0.0342. The number of nitrogens with one attached hydrogen (secondary N) is 1. The van der Waals surface area contributed by atoms with Gasteiger partial charge in [0.05, 0.1) is 22.6 Å². The van der Waals surface area contributed by atoms with Gasteiger partial charge in [0.1, 0.15) is 0 Å². The minimum Gasteiger partial charge on any atom is -0.326 e. The summed E-state index contributed by atoms with van der Waals surface area (Å²) in [5.74, 6) is -0.321. The lowest BCUT2D eigenvalue weighted by Crippen LogP contribution is -2.19. The molecule has 1 N–H and O–H groups in total. The van der Waals surface area contributed by atoms with Crippen LogP contribution in [0.5, 0.6) is 0 Å². The predicted octanol–water partition coefficient (Wildman–Crippen LogP) is 4.43. The van der Waals surface area contributed by atoms with Crippen LogP contribution in [0.1, 0.15) is 11.3 Å². The number of nitro groups is 1. The SMILES string of the molecule is Cn1c(CC(=O)Nc2ccc([N+](=O)[O-])cc2)csc1=Nc1ccc(C(F)(F)F)cc1. The van der Waals surface area contributed by atoms with Crippen molar-refractivity contribution in [3.8, 4) is 0 Å². The van der Waals surface area contributed by atoms with Crippen LogP contribution in [0.15, 0.2) is 58.9 Å². The number of amides is 1. The zero-order valence-corrected chi connectivity index (χ0v) is 16.3. The van der Waals surface area contributed by atoms with Crippen LogP contribution in [0.2, 0.25) is 0 Å². The highest BCUT2D eigenvalue weighted by Crippen LogP contribution is 2.30. The van der Waals surface area contributed by atoms with Crippen LogP contribution in [0.3, 0.4) is 0 Å². The number of nitro benzene ring substituents is 1. The molecule has 0 aliphatic heterocycles. The Balaban J connectivity index is 1.71. The lowest BCUT2D eigenvalue weighted by molar-refractivity contribution is -0.384. The van der Waals surface area contributed by atoms with Crippen LogP contribution in [0.25, 0.3) is 0 Å². The van der Waals surface area contributed by atoms with E-state index in [1.807, 2.05) is 0 Å². The van der Waals surface area contributed by atoms with Gasteiger partial charge in [0, 0.05) is 35.9 Å². The van der Waals surface area contributed by atoms with Crippen molar-refractivity contribution in [3.63, 3.8) is 0 Å². The van der Waals surface area contributed by atoms with Gasteiger partial charge >= 0.3 is 6.18 Å². The predicted molar refractivity (Wildman–Crippen MR) is 105 cm³/mol. The van der Waals surface area contributed by atoms with E-state index >= 15 is 0 Å². The average molecular weight is 436 g/mol. The van der Waals surface area contributed by atoms with Gasteiger partial charge < -0.3 is 9.88 Å². The van der Waals surface area contributed by atoms with Crippen molar-refractivity contribution in [1.29, 1.82) is 0 Å². The molecule has 1 heterocycles. The second-order valence-electron chi connectivity index (χ2n) is 6.25. The molecule has 1 amide bonds. The van der Waals surface area contributed by atoms with E-state index in [4.69, 9.17) is 0 Å². The molecule has 0 atom stereocenters. The number of alkyl halides is 3. The molecule has 0 unspecified atom stereocenters. The second-order valence-corrected chi connectivity index (χ2v) is 7.09. The molecule has 1 aromatic heterocycles. The third-order valence-corrected chi connectivity index (χ3v) is 5.11. The van der Waals surface area contributed by atoms with E-state index in [1.54, 1.807) is 17.0 Å². The number of benzene rings is 2. The summed E-state index contributed by atoms with van der Waals surface area (Å²) in [5.41, 5.74) is 0.623. The van der Waals surface area contributed by atoms with Crippen LogP contribution < -0.4 is 10.1 Å². The molecular weight excluding hydrogens is 421 g/mol.